The molecule has 0 saturated carbocycles. The van der Waals surface area contributed by atoms with Gasteiger partial charge in [0.2, 0.25) is 35.6 Å². The van der Waals surface area contributed by atoms with Gasteiger partial charge in [0, 0.05) is 172 Å². The summed E-state index contributed by atoms with van der Waals surface area (Å²) in [5, 5.41) is 17.1. The number of hydrogen-bond acceptors (Lipinski definition) is 29. The van der Waals surface area contributed by atoms with Gasteiger partial charge in [-0.1, -0.05) is 55.4 Å². The van der Waals surface area contributed by atoms with Gasteiger partial charge in [0.05, 0.1) is 33.7 Å². The van der Waals surface area contributed by atoms with Crippen LogP contribution in [0.4, 0.5) is 34.9 Å². The van der Waals surface area contributed by atoms with Crippen molar-refractivity contribution in [1.82, 2.24) is 46.9 Å². The second-order valence-electron chi connectivity index (χ2n) is 34.3. The van der Waals surface area contributed by atoms with Crippen LogP contribution in [0.2, 0.25) is 0 Å². The van der Waals surface area contributed by atoms with Crippen molar-refractivity contribution in [3.8, 4) is 0 Å². The van der Waals surface area contributed by atoms with Gasteiger partial charge in [-0.05, 0) is 221 Å². The molecule has 0 spiro atoms. The smallest absolute Gasteiger partial charge is 0.295 e. The zero-order valence-electron chi connectivity index (χ0n) is 77.8. The van der Waals surface area contributed by atoms with Crippen LogP contribution >= 0.6 is 0 Å². The van der Waals surface area contributed by atoms with E-state index >= 15 is 0 Å². The Morgan fingerprint density at radius 2 is 0.964 bits per heavy atom. The topological polar surface area (TPSA) is 613 Å². The van der Waals surface area contributed by atoms with Crippen molar-refractivity contribution in [2.45, 2.75) is 192 Å². The Balaban J connectivity index is 0.952. The van der Waals surface area contributed by atoms with Crippen molar-refractivity contribution < 1.29 is 120 Å². The Labute approximate surface area is 802 Å². The first-order valence-electron chi connectivity index (χ1n) is 45.1. The minimum atomic E-state index is -4.99. The average Bonchev–Trinajstić information content (AvgIpc) is 0.749. The summed E-state index contributed by atoms with van der Waals surface area (Å²) in [5.74, 6) is -4.92. The van der Waals surface area contributed by atoms with Crippen molar-refractivity contribution in [3.63, 3.8) is 0 Å². The van der Waals surface area contributed by atoms with Crippen LogP contribution in [-0.2, 0) is 85.2 Å². The number of aryl methyl sites for hydroxylation is 2. The average molecular weight is 2050 g/mol. The lowest BCUT2D eigenvalue weighted by Crippen LogP contribution is -2.47. The van der Waals surface area contributed by atoms with Crippen LogP contribution in [0.5, 0.6) is 0 Å². The summed E-state index contributed by atoms with van der Waals surface area (Å²) in [5.41, 5.74) is 4.09. The molecule has 1 aromatic heterocycles. The number of rotatable bonds is 52. The standard InChI is InChI=1S/C88H127N15O27S7/c1-9-89-80(104)26-12-10-14-38-90-82(106)67-32-44-98(45-33-67)86-95-87(99-46-34-70(35-47-99)93-81(105)27-13-11-15-41-102(63(5)23-16-21-60(2)22-18-50-131(110,111)112)77-31-29-73-74(65(77)7)58-72(136(125,126)127)59-79(73)137(128,129)130)97-88(96-86)100-48-36-71(37-49-100)94-84(108)68-28-30-76(61(3)55-68)101(42-19-51-132(113,114)115)62(4)24-17-25-64(6)103(43-20-52-133(116,117)118)78-57-69(83(107)91-39-53-134(119,120)121)56-75(66(78)8)85(109)92-40-54-135(122,123)124/h16-17,21,23-25,28-31,55-59,64,67,70-71H,2,9-15,18-20,22,26-27,32-54H2,1,3-8H3,(H,89,104)(H,90,106)(H,91,107)(H,92,109)(H,93,105)(H,94,108)(H,110,111,112)(H,113,114,115)(H,116,117,118)(H,119,120,121)(H,122,123,124)(H,125,126,127)(H,128,129,130)/b21-16+,25-17+,62-24+,63-23+. The molecule has 0 aliphatic carbocycles. The molecule has 3 aliphatic heterocycles. The van der Waals surface area contributed by atoms with E-state index in [1.165, 1.54) is 19.1 Å². The van der Waals surface area contributed by atoms with Crippen LogP contribution in [0, 0.1) is 26.7 Å². The van der Waals surface area contributed by atoms with E-state index < -0.39 is 140 Å². The molecule has 13 N–H and O–H groups in total. The van der Waals surface area contributed by atoms with Crippen molar-refractivity contribution in [2.75, 3.05) is 143 Å². The van der Waals surface area contributed by atoms with Crippen molar-refractivity contribution in [1.29, 1.82) is 0 Å². The molecule has 3 saturated heterocycles. The number of nitrogens with zero attached hydrogens (tertiary/aromatic N) is 9. The number of piperidine rings is 3. The predicted molar refractivity (Wildman–Crippen MR) is 522 cm³/mol. The number of benzene rings is 4. The lowest BCUT2D eigenvalue weighted by molar-refractivity contribution is -0.125. The number of unbranched alkanes of at least 4 members (excludes halogenated alkanes) is 4. The second-order valence-corrected chi connectivity index (χ2v) is 45.0. The minimum absolute atomic E-state index is 0.00150. The highest BCUT2D eigenvalue weighted by Crippen LogP contribution is 2.38. The molecule has 3 aliphatic rings. The third kappa shape index (κ3) is 36.9. The maximum absolute atomic E-state index is 14.3. The van der Waals surface area contributed by atoms with Gasteiger partial charge in [-0.25, -0.2) is 0 Å². The highest BCUT2D eigenvalue weighted by Gasteiger charge is 2.34. The fraction of sp³-hybridized carbons (Fsp3) is 0.534. The first-order valence-corrected chi connectivity index (χ1v) is 56.0. The van der Waals surface area contributed by atoms with E-state index in [1.807, 2.05) is 21.6 Å². The molecular formula is C88H127N15O27S7. The van der Waals surface area contributed by atoms with E-state index in [1.54, 1.807) is 105 Å². The maximum Gasteiger partial charge on any atom is 0.295 e. The van der Waals surface area contributed by atoms with Crippen molar-refractivity contribution in [3.05, 3.63) is 148 Å². The molecule has 0 bridgehead atoms. The molecule has 137 heavy (non-hydrogen) atoms. The van der Waals surface area contributed by atoms with Gasteiger partial charge in [-0.15, -0.1) is 0 Å². The SMILES string of the molecule is C=C(/C=C/C=C(\C)N(CCCCCC(=O)NC1CCN(c2nc(N3CCC(NC(=O)c4ccc(N(CCCS(=O)(=O)O)/C(C)=C/C=C/C(C)N(CCCS(=O)(=O)O)c5cc(C(=O)NCCS(=O)(=O)O)cc(C(=O)NCCS(=O)(=O)O)c5C)c(C)c4)CC3)nc(N3CCC(C(=O)NCCCCCC(=O)NCC)CC3)n2)CC1)c1ccc2c(S(=O)(=O)O)cc(S(=O)(=O)O)cc2c1C)CCCS(=O)(=O)O. The molecule has 8 rings (SSSR count). The second kappa shape index (κ2) is 50.6. The van der Waals surface area contributed by atoms with Gasteiger partial charge in [0.15, 0.2) is 0 Å². The number of carbonyl (C=O) groups excluding carboxylic acids is 6. The Bertz CT molecular complexity index is 6160. The molecule has 42 nitrogen and oxygen atoms in total. The lowest BCUT2D eigenvalue weighted by atomic mass is 9.96. The van der Waals surface area contributed by atoms with Crippen LogP contribution < -0.4 is 61.3 Å². The van der Waals surface area contributed by atoms with Crippen LogP contribution in [0.15, 0.2) is 124 Å². The largest absolute Gasteiger partial charge is 0.365 e. The number of fused-ring (bicyclic) bond motifs is 1. The molecule has 4 aromatic carbocycles. The Morgan fingerprint density at radius 1 is 0.467 bits per heavy atom. The Morgan fingerprint density at radius 3 is 1.50 bits per heavy atom. The first-order chi connectivity index (χ1) is 64.1. The number of allylic oxidation sites excluding steroid dienone is 8. The van der Waals surface area contributed by atoms with E-state index in [0.717, 1.165) is 25.0 Å². The zero-order chi connectivity index (χ0) is 101. The summed E-state index contributed by atoms with van der Waals surface area (Å²) >= 11 is 0. The maximum atomic E-state index is 14.3. The van der Waals surface area contributed by atoms with Crippen LogP contribution in [0.1, 0.15) is 191 Å². The van der Waals surface area contributed by atoms with Gasteiger partial charge >= 0.3 is 0 Å². The fourth-order valence-corrected chi connectivity index (χ4v) is 19.9. The van der Waals surface area contributed by atoms with Gasteiger partial charge in [-0.3, -0.25) is 60.6 Å². The monoisotopic (exact) mass is 2050 g/mol. The summed E-state index contributed by atoms with van der Waals surface area (Å²) < 4.78 is 235. The number of nitrogens with one attached hydrogen (secondary N) is 6. The highest BCUT2D eigenvalue weighted by atomic mass is 32.2. The van der Waals surface area contributed by atoms with E-state index in [9.17, 15) is 120 Å². The predicted octanol–water partition coefficient (Wildman–Crippen LogP) is 7.66. The number of amides is 6. The Kier molecular flexibility index (Phi) is 41.4. The van der Waals surface area contributed by atoms with Gasteiger partial charge < -0.3 is 61.3 Å². The molecule has 758 valence electrons. The lowest BCUT2D eigenvalue weighted by Gasteiger charge is -2.36. The fourth-order valence-electron chi connectivity index (χ4n) is 16.4. The van der Waals surface area contributed by atoms with E-state index in [-0.39, 0.29) is 120 Å². The van der Waals surface area contributed by atoms with Gasteiger partial charge in [0.25, 0.3) is 88.5 Å². The normalized spacial score (nSPS) is 15.3. The molecule has 4 heterocycles. The van der Waals surface area contributed by atoms with Crippen LogP contribution in [-0.4, -0.2) is 273 Å². The first kappa shape index (κ1) is 112. The van der Waals surface area contributed by atoms with Crippen LogP contribution in [0.3, 0.4) is 0 Å². The van der Waals surface area contributed by atoms with Crippen molar-refractivity contribution >= 4 is 152 Å². The summed E-state index contributed by atoms with van der Waals surface area (Å²) in [7, 11) is -32.2. The van der Waals surface area contributed by atoms with Crippen molar-refractivity contribution in [2.24, 2.45) is 5.92 Å². The molecule has 1 unspecified atom stereocenters. The molecule has 0 radical (unpaired) electrons. The molecule has 6 amide bonds. The van der Waals surface area contributed by atoms with E-state index in [4.69, 9.17) is 15.0 Å². The van der Waals surface area contributed by atoms with E-state index in [2.05, 4.69) is 43.4 Å². The number of aromatic nitrogens is 3. The summed E-state index contributed by atoms with van der Waals surface area (Å²) in [6, 6.07) is 11.1. The molecular weight excluding hydrogens is 1920 g/mol. The Hall–Kier alpha value is -10.2. The third-order valence-corrected chi connectivity index (χ3v) is 29.3. The van der Waals surface area contributed by atoms with Gasteiger partial charge in [-0.2, -0.15) is 73.9 Å². The quantitative estimate of drug-likeness (QED) is 0.0101. The molecule has 1 atom stereocenters. The van der Waals surface area contributed by atoms with E-state index in [0.29, 0.717) is 198 Å². The zero-order valence-corrected chi connectivity index (χ0v) is 83.5. The number of hydrogen-bond donors (Lipinski definition) is 13. The third-order valence-electron chi connectivity index (χ3n) is 23.7. The minimum Gasteiger partial charge on any atom is -0.365 e. The van der Waals surface area contributed by atoms with Crippen LogP contribution in [0.25, 0.3) is 10.8 Å². The van der Waals surface area contributed by atoms with Gasteiger partial charge in [0.1, 0.15) is 4.90 Å². The highest BCUT2D eigenvalue weighted by molar-refractivity contribution is 7.87. The molecule has 5 aromatic rings. The number of anilines is 6. The summed E-state index contributed by atoms with van der Waals surface area (Å²) in [6.45, 7) is 18.8. The molecule has 3 fully saturated rings. The number of carbonyl (C=O) groups is 6. The summed E-state index contributed by atoms with van der Waals surface area (Å²) in [6.07, 6.45) is 17.7. The summed E-state index contributed by atoms with van der Waals surface area (Å²) in [4.78, 5) is 106. The molecule has 49 heteroatoms.